The second kappa shape index (κ2) is 14.1. The molecule has 5 heteroatoms. The maximum Gasteiger partial charge on any atom is 0 e. The third kappa shape index (κ3) is 6.91. The molecule has 0 saturated heterocycles. The van der Waals surface area contributed by atoms with Crippen LogP contribution in [0.25, 0.3) is 64.2 Å². The molecule has 8 rings (SSSR count). The standard InChI is InChI=1S/C29H22NS.C14H16GeN.Ir/c1-17(2)19-11-12-30-27(16-19)25-6-4-5-23-24-10-9-21-14-22-13-18(3)7-8-20(22)15-26(21)29(24)31-28(23)25;1-15(2,3)13-9-10-14(16-11-13)12-7-5-4-6-8-12;/h4-5,7-17H,1-3H3;4-7,9-11H,1-3H3;/q2*-1;/i17D;;. The van der Waals surface area contributed by atoms with Crippen LogP contribution in [-0.4, -0.2) is 23.2 Å². The third-order valence-corrected chi connectivity index (χ3v) is 14.3. The minimum Gasteiger partial charge on any atom is 0 e. The number of aryl methyl sites for hydroxylation is 1. The minimum atomic E-state index is -1.72. The average molecular weight is 881 g/mol. The Balaban J connectivity index is 0.000000208. The molecule has 2 nitrogen and oxygen atoms in total. The zero-order chi connectivity index (χ0) is 33.6. The van der Waals surface area contributed by atoms with E-state index in [9.17, 15) is 0 Å². The molecule has 0 aliphatic rings. The van der Waals surface area contributed by atoms with Crippen LogP contribution in [0.1, 0.15) is 32.2 Å². The van der Waals surface area contributed by atoms with Gasteiger partial charge < -0.3 is 4.98 Å². The minimum absolute atomic E-state index is 0. The number of aromatic nitrogens is 2. The molecule has 0 atom stereocenters. The Hall–Kier alpha value is -3.67. The SMILES string of the molecule is [2H]C(C)(C)c1ccnc(-c2[c-]ccc3c2sc2c4cc5ccc(C)cc5cc4ccc32)c1.[CH3][Ge]([CH3])([CH3])[c]1ccc(-c2[c-]cccc2)nc1.[Ir]. The molecule has 48 heavy (non-hydrogen) atoms. The predicted molar refractivity (Wildman–Crippen MR) is 207 cm³/mol. The summed E-state index contributed by atoms with van der Waals surface area (Å²) in [6.07, 6.45) is 3.85. The van der Waals surface area contributed by atoms with Crippen LogP contribution >= 0.6 is 11.3 Å². The van der Waals surface area contributed by atoms with Gasteiger partial charge in [-0.3, -0.25) is 0 Å². The summed E-state index contributed by atoms with van der Waals surface area (Å²) >= 11 is 0.104. The van der Waals surface area contributed by atoms with Crippen molar-refractivity contribution in [2.45, 2.75) is 43.9 Å². The van der Waals surface area contributed by atoms with Gasteiger partial charge in [0.2, 0.25) is 0 Å². The molecule has 0 aliphatic heterocycles. The average Bonchev–Trinajstić information content (AvgIpc) is 3.47. The smallest absolute Gasteiger partial charge is 0 e. The summed E-state index contributed by atoms with van der Waals surface area (Å²) in [6, 6.07) is 42.8. The fraction of sp³-hybridized carbons (Fsp3) is 0.163. The van der Waals surface area contributed by atoms with E-state index in [1.807, 2.05) is 80.0 Å². The van der Waals surface area contributed by atoms with Crippen molar-refractivity contribution >= 4 is 70.7 Å². The molecule has 8 aromatic rings. The monoisotopic (exact) mass is 882 g/mol. The van der Waals surface area contributed by atoms with Gasteiger partial charge in [0, 0.05) is 32.4 Å². The first-order valence-electron chi connectivity index (χ1n) is 16.6. The summed E-state index contributed by atoms with van der Waals surface area (Å²) in [4.78, 5) is 9.18. The molecule has 0 amide bonds. The molecule has 5 aromatic carbocycles. The first kappa shape index (κ1) is 32.9. The van der Waals surface area contributed by atoms with Gasteiger partial charge in [-0.05, 0) is 68.3 Å². The molecule has 0 unspecified atom stereocenters. The topological polar surface area (TPSA) is 25.8 Å². The zero-order valence-electron chi connectivity index (χ0n) is 29.1. The molecule has 0 fully saturated rings. The Morgan fingerprint density at radius 1 is 0.708 bits per heavy atom. The van der Waals surface area contributed by atoms with Crippen LogP contribution in [0.3, 0.4) is 0 Å². The summed E-state index contributed by atoms with van der Waals surface area (Å²) in [6.45, 7) is 5.96. The molecular formula is C43H38GeIrN2S-2. The van der Waals surface area contributed by atoms with Crippen molar-refractivity contribution in [3.63, 3.8) is 0 Å². The normalized spacial score (nSPS) is 12.1. The Labute approximate surface area is 305 Å². The van der Waals surface area contributed by atoms with Crippen LogP contribution in [0.15, 0.2) is 116 Å². The van der Waals surface area contributed by atoms with Gasteiger partial charge in [0.25, 0.3) is 0 Å². The van der Waals surface area contributed by atoms with Gasteiger partial charge >= 0.3 is 99.8 Å². The number of thiophene rings is 1. The number of fused-ring (bicyclic) bond motifs is 6. The van der Waals surface area contributed by atoms with Crippen LogP contribution in [0.4, 0.5) is 0 Å². The number of rotatable bonds is 4. The van der Waals surface area contributed by atoms with E-state index in [4.69, 9.17) is 1.37 Å². The third-order valence-electron chi connectivity index (χ3n) is 8.73. The largest absolute Gasteiger partial charge is 0 e. The summed E-state index contributed by atoms with van der Waals surface area (Å²) in [5.74, 6) is 6.48. The molecule has 0 bridgehead atoms. The fourth-order valence-electron chi connectivity index (χ4n) is 6.01. The fourth-order valence-corrected chi connectivity index (χ4v) is 9.51. The Kier molecular flexibility index (Phi) is 9.62. The Morgan fingerprint density at radius 3 is 2.25 bits per heavy atom. The van der Waals surface area contributed by atoms with Gasteiger partial charge in [0.1, 0.15) is 0 Å². The van der Waals surface area contributed by atoms with Gasteiger partial charge in [-0.15, -0.1) is 23.8 Å². The van der Waals surface area contributed by atoms with Crippen LogP contribution in [-0.2, 0) is 20.1 Å². The van der Waals surface area contributed by atoms with Crippen LogP contribution in [0.2, 0.25) is 17.3 Å². The first-order valence-corrected chi connectivity index (χ1v) is 24.2. The number of pyridine rings is 2. The van der Waals surface area contributed by atoms with Crippen molar-refractivity contribution in [3.8, 4) is 22.5 Å². The summed E-state index contributed by atoms with van der Waals surface area (Å²) < 4.78 is 12.4. The van der Waals surface area contributed by atoms with Crippen molar-refractivity contribution < 1.29 is 21.5 Å². The van der Waals surface area contributed by atoms with Gasteiger partial charge in [-0.1, -0.05) is 66.8 Å². The van der Waals surface area contributed by atoms with E-state index < -0.39 is 19.2 Å². The van der Waals surface area contributed by atoms with Gasteiger partial charge in [-0.25, -0.2) is 0 Å². The van der Waals surface area contributed by atoms with Crippen molar-refractivity contribution in [2.24, 2.45) is 0 Å². The molecule has 241 valence electrons. The van der Waals surface area contributed by atoms with E-state index in [0.29, 0.717) is 0 Å². The quantitative estimate of drug-likeness (QED) is 0.1000. The zero-order valence-corrected chi connectivity index (χ0v) is 33.4. The number of benzene rings is 5. The van der Waals surface area contributed by atoms with Crippen molar-refractivity contribution in [1.29, 1.82) is 0 Å². The molecule has 3 heterocycles. The van der Waals surface area contributed by atoms with Crippen molar-refractivity contribution in [3.05, 3.63) is 139 Å². The van der Waals surface area contributed by atoms with Gasteiger partial charge in [0.15, 0.2) is 0 Å². The van der Waals surface area contributed by atoms with Crippen molar-refractivity contribution in [2.75, 3.05) is 0 Å². The molecule has 0 saturated carbocycles. The van der Waals surface area contributed by atoms with Gasteiger partial charge in [0.05, 0.1) is 0 Å². The summed E-state index contributed by atoms with van der Waals surface area (Å²) in [5, 5.41) is 7.62. The number of nitrogens with zero attached hydrogens (tertiary/aromatic N) is 2. The van der Waals surface area contributed by atoms with E-state index in [-0.39, 0.29) is 20.1 Å². The van der Waals surface area contributed by atoms with Crippen LogP contribution < -0.4 is 4.40 Å². The molecule has 3 aromatic heterocycles. The van der Waals surface area contributed by atoms with Crippen LogP contribution in [0.5, 0.6) is 0 Å². The number of hydrogen-bond donors (Lipinski definition) is 0. The van der Waals surface area contributed by atoms with Gasteiger partial charge in [-0.2, -0.15) is 11.3 Å². The summed E-state index contributed by atoms with van der Waals surface area (Å²) in [5.41, 5.74) is 6.21. The van der Waals surface area contributed by atoms with E-state index in [1.165, 1.54) is 51.7 Å². The second-order valence-electron chi connectivity index (χ2n) is 13.5. The molecule has 1 radical (unpaired) electrons. The second-order valence-corrected chi connectivity index (χ2v) is 25.1. The molecule has 0 N–H and O–H groups in total. The maximum absolute atomic E-state index is 8.42. The molecule has 0 spiro atoms. The Morgan fingerprint density at radius 2 is 1.52 bits per heavy atom. The van der Waals surface area contributed by atoms with E-state index in [0.717, 1.165) is 28.1 Å². The summed E-state index contributed by atoms with van der Waals surface area (Å²) in [7, 11) is 0. The van der Waals surface area contributed by atoms with Crippen molar-refractivity contribution in [1.82, 2.24) is 9.97 Å². The van der Waals surface area contributed by atoms with E-state index >= 15 is 0 Å². The van der Waals surface area contributed by atoms with Crippen LogP contribution in [0, 0.1) is 19.1 Å². The first-order chi connectivity index (χ1) is 23.0. The number of hydrogen-bond acceptors (Lipinski definition) is 3. The Bertz CT molecular complexity index is 2430. The van der Waals surface area contributed by atoms with E-state index in [2.05, 4.69) is 107 Å². The maximum atomic E-state index is 8.42. The molecule has 0 aliphatic carbocycles. The van der Waals surface area contributed by atoms with E-state index in [1.54, 1.807) is 0 Å². The predicted octanol–water partition coefficient (Wildman–Crippen LogP) is 11.7. The molecular weight excluding hydrogens is 841 g/mol.